The van der Waals surface area contributed by atoms with Gasteiger partial charge < -0.3 is 11.1 Å². The van der Waals surface area contributed by atoms with Gasteiger partial charge in [-0.15, -0.1) is 0 Å². The van der Waals surface area contributed by atoms with E-state index in [9.17, 15) is 8.42 Å². The van der Waals surface area contributed by atoms with Crippen LogP contribution < -0.4 is 16.2 Å². The number of anilines is 2. The average Bonchev–Trinajstić information content (AvgIpc) is 2.35. The molecule has 0 aliphatic heterocycles. The van der Waals surface area contributed by atoms with E-state index < -0.39 is 10.0 Å². The number of sulfonamides is 1. The highest BCUT2D eigenvalue weighted by atomic mass is 32.2. The van der Waals surface area contributed by atoms with Crippen molar-refractivity contribution in [2.24, 2.45) is 5.14 Å². The van der Waals surface area contributed by atoms with Gasteiger partial charge in [-0.2, -0.15) is 0 Å². The van der Waals surface area contributed by atoms with Gasteiger partial charge in [-0.25, -0.2) is 13.6 Å². The number of nitrogens with one attached hydrogen (secondary N) is 1. The molecule has 1 saturated carbocycles. The quantitative estimate of drug-likeness (QED) is 0.747. The molecule has 1 fully saturated rings. The maximum Gasteiger partial charge on any atom is 0.238 e. The van der Waals surface area contributed by atoms with Crippen LogP contribution in [0.3, 0.4) is 0 Å². The third kappa shape index (κ3) is 4.35. The van der Waals surface area contributed by atoms with Crippen LogP contribution in [-0.2, 0) is 10.0 Å². The normalized spacial score (nSPS) is 18.0. The molecular formula is C15H25N3O2S. The fraction of sp³-hybridized carbons (Fsp3) is 0.600. The molecular weight excluding hydrogens is 286 g/mol. The number of rotatable bonds is 3. The largest absolute Gasteiger partial charge is 0.399 e. The lowest BCUT2D eigenvalue weighted by Gasteiger charge is -2.24. The van der Waals surface area contributed by atoms with Crippen LogP contribution in [0, 0.1) is 6.92 Å². The Kier molecular flexibility index (Phi) is 5.11. The van der Waals surface area contributed by atoms with Gasteiger partial charge in [0.15, 0.2) is 0 Å². The smallest absolute Gasteiger partial charge is 0.238 e. The molecule has 1 aliphatic carbocycles. The molecule has 0 bridgehead atoms. The summed E-state index contributed by atoms with van der Waals surface area (Å²) in [6.07, 6.45) is 8.51. The molecule has 0 amide bonds. The zero-order valence-electron chi connectivity index (χ0n) is 12.6. The molecule has 0 saturated heterocycles. The van der Waals surface area contributed by atoms with Crippen molar-refractivity contribution >= 4 is 21.4 Å². The molecule has 5 nitrogen and oxygen atoms in total. The van der Waals surface area contributed by atoms with Gasteiger partial charge in [-0.05, 0) is 37.5 Å². The first-order chi connectivity index (χ1) is 9.88. The second-order valence-electron chi connectivity index (χ2n) is 5.92. The van der Waals surface area contributed by atoms with Crippen LogP contribution in [-0.4, -0.2) is 14.5 Å². The molecule has 0 heterocycles. The van der Waals surface area contributed by atoms with Crippen molar-refractivity contribution in [3.8, 4) is 0 Å². The van der Waals surface area contributed by atoms with Crippen molar-refractivity contribution < 1.29 is 8.42 Å². The molecule has 1 aliphatic rings. The van der Waals surface area contributed by atoms with Crippen LogP contribution in [0.15, 0.2) is 17.0 Å². The summed E-state index contributed by atoms with van der Waals surface area (Å²) in [7, 11) is -3.75. The molecule has 0 unspecified atom stereocenters. The van der Waals surface area contributed by atoms with Gasteiger partial charge >= 0.3 is 0 Å². The van der Waals surface area contributed by atoms with Crippen molar-refractivity contribution in [2.75, 3.05) is 11.1 Å². The van der Waals surface area contributed by atoms with Gasteiger partial charge in [0, 0.05) is 17.4 Å². The first-order valence-electron chi connectivity index (χ1n) is 7.57. The Labute approximate surface area is 127 Å². The number of benzene rings is 1. The van der Waals surface area contributed by atoms with E-state index in [1.807, 2.05) is 0 Å². The highest BCUT2D eigenvalue weighted by Crippen LogP contribution is 2.28. The first kappa shape index (κ1) is 16.1. The predicted molar refractivity (Wildman–Crippen MR) is 86.7 cm³/mol. The summed E-state index contributed by atoms with van der Waals surface area (Å²) in [5, 5.41) is 8.73. The second-order valence-corrected chi connectivity index (χ2v) is 7.45. The van der Waals surface area contributed by atoms with Crippen LogP contribution >= 0.6 is 0 Å². The molecule has 2 rings (SSSR count). The maximum atomic E-state index is 11.6. The molecule has 6 heteroatoms. The number of nitrogens with two attached hydrogens (primary N) is 2. The maximum absolute atomic E-state index is 11.6. The Bertz CT molecular complexity index is 591. The number of primary sulfonamides is 1. The number of nitrogen functional groups attached to an aromatic ring is 1. The van der Waals surface area contributed by atoms with Gasteiger partial charge in [0.05, 0.1) is 4.90 Å². The second kappa shape index (κ2) is 6.66. The number of hydrogen-bond acceptors (Lipinski definition) is 4. The Hall–Kier alpha value is -1.27. The molecule has 1 aromatic carbocycles. The van der Waals surface area contributed by atoms with Crippen molar-refractivity contribution in [3.63, 3.8) is 0 Å². The average molecular weight is 311 g/mol. The zero-order chi connectivity index (χ0) is 15.5. The summed E-state index contributed by atoms with van der Waals surface area (Å²) < 4.78 is 23.3. The lowest BCUT2D eigenvalue weighted by atomic mass is 9.96. The highest BCUT2D eigenvalue weighted by Gasteiger charge is 2.18. The van der Waals surface area contributed by atoms with E-state index in [-0.39, 0.29) is 4.90 Å². The molecule has 5 N–H and O–H groups in total. The minimum atomic E-state index is -3.75. The SMILES string of the molecule is Cc1c(NC2CCCCCCC2)cc(N)cc1S(N)(=O)=O. The fourth-order valence-electron chi connectivity index (χ4n) is 2.97. The van der Waals surface area contributed by atoms with Crippen LogP contribution in [0.25, 0.3) is 0 Å². The fourth-order valence-corrected chi connectivity index (χ4v) is 3.81. The number of hydrogen-bond donors (Lipinski definition) is 3. The third-order valence-corrected chi connectivity index (χ3v) is 5.19. The van der Waals surface area contributed by atoms with Crippen molar-refractivity contribution in [2.45, 2.75) is 62.8 Å². The summed E-state index contributed by atoms with van der Waals surface area (Å²) in [6.45, 7) is 1.77. The molecule has 21 heavy (non-hydrogen) atoms. The van der Waals surface area contributed by atoms with Crippen LogP contribution in [0.5, 0.6) is 0 Å². The van der Waals surface area contributed by atoms with Gasteiger partial charge in [-0.3, -0.25) is 0 Å². The first-order valence-corrected chi connectivity index (χ1v) is 9.12. The Morgan fingerprint density at radius 3 is 2.24 bits per heavy atom. The van der Waals surface area contributed by atoms with Crippen molar-refractivity contribution in [3.05, 3.63) is 17.7 Å². The molecule has 0 aromatic heterocycles. The van der Waals surface area contributed by atoms with E-state index in [1.54, 1.807) is 13.0 Å². The molecule has 0 atom stereocenters. The standard InChI is InChI=1S/C15H25N3O2S/c1-11-14(9-12(16)10-15(11)21(17,19)20)18-13-7-5-3-2-4-6-8-13/h9-10,13,18H,2-8,16H2,1H3,(H2,17,19,20). The van der Waals surface area contributed by atoms with Crippen LogP contribution in [0.4, 0.5) is 11.4 Å². The van der Waals surface area contributed by atoms with Gasteiger partial charge in [0.25, 0.3) is 0 Å². The Morgan fingerprint density at radius 2 is 1.67 bits per heavy atom. The van der Waals surface area contributed by atoms with E-state index in [0.29, 0.717) is 17.3 Å². The van der Waals surface area contributed by atoms with E-state index in [1.165, 1.54) is 38.2 Å². The Balaban J connectivity index is 2.24. The summed E-state index contributed by atoms with van der Waals surface area (Å²) in [4.78, 5) is 0.107. The third-order valence-electron chi connectivity index (χ3n) is 4.15. The summed E-state index contributed by atoms with van der Waals surface area (Å²) in [5.74, 6) is 0. The van der Waals surface area contributed by atoms with E-state index in [0.717, 1.165) is 18.5 Å². The molecule has 0 spiro atoms. The minimum absolute atomic E-state index is 0.107. The van der Waals surface area contributed by atoms with E-state index >= 15 is 0 Å². The Morgan fingerprint density at radius 1 is 1.10 bits per heavy atom. The summed E-state index contributed by atoms with van der Waals surface area (Å²) >= 11 is 0. The topological polar surface area (TPSA) is 98.2 Å². The van der Waals surface area contributed by atoms with Crippen LogP contribution in [0.1, 0.15) is 50.5 Å². The minimum Gasteiger partial charge on any atom is -0.399 e. The monoisotopic (exact) mass is 311 g/mol. The molecule has 0 radical (unpaired) electrons. The van der Waals surface area contributed by atoms with E-state index in [2.05, 4.69) is 5.32 Å². The summed E-state index contributed by atoms with van der Waals surface area (Å²) in [5.41, 5.74) is 7.67. The predicted octanol–water partition coefficient (Wildman–Crippen LogP) is 2.75. The lowest BCUT2D eigenvalue weighted by molar-refractivity contribution is 0.471. The summed E-state index contributed by atoms with van der Waals surface area (Å²) in [6, 6.07) is 3.59. The van der Waals surface area contributed by atoms with Crippen molar-refractivity contribution in [1.29, 1.82) is 0 Å². The lowest BCUT2D eigenvalue weighted by Crippen LogP contribution is -2.22. The van der Waals surface area contributed by atoms with Crippen molar-refractivity contribution in [1.82, 2.24) is 0 Å². The van der Waals surface area contributed by atoms with Gasteiger partial charge in [0.2, 0.25) is 10.0 Å². The molecule has 1 aromatic rings. The zero-order valence-corrected chi connectivity index (χ0v) is 13.4. The van der Waals surface area contributed by atoms with Gasteiger partial charge in [-0.1, -0.05) is 32.1 Å². The highest BCUT2D eigenvalue weighted by molar-refractivity contribution is 7.89. The van der Waals surface area contributed by atoms with E-state index in [4.69, 9.17) is 10.9 Å². The molecule has 118 valence electrons. The van der Waals surface area contributed by atoms with Crippen LogP contribution in [0.2, 0.25) is 0 Å². The van der Waals surface area contributed by atoms with Gasteiger partial charge in [0.1, 0.15) is 0 Å².